The van der Waals surface area contributed by atoms with Gasteiger partial charge in [0.05, 0.1) is 0 Å². The molecule has 0 aromatic carbocycles. The summed E-state index contributed by atoms with van der Waals surface area (Å²) in [4.78, 5) is 25.7. The average molecular weight is 284 g/mol. The first-order chi connectivity index (χ1) is 9.34. The van der Waals surface area contributed by atoms with Crippen molar-refractivity contribution in [1.82, 2.24) is 10.2 Å². The molecule has 0 aromatic heterocycles. The van der Waals surface area contributed by atoms with Crippen LogP contribution in [0, 0.1) is 11.3 Å². The van der Waals surface area contributed by atoms with Crippen molar-refractivity contribution in [3.05, 3.63) is 0 Å². The normalized spacial score (nSPS) is 19.8. The second kappa shape index (κ2) is 7.62. The summed E-state index contributed by atoms with van der Waals surface area (Å²) in [5.41, 5.74) is -0.416. The fourth-order valence-electron chi connectivity index (χ4n) is 2.42. The molecule has 1 unspecified atom stereocenters. The number of rotatable bonds is 5. The Labute approximate surface area is 121 Å². The Morgan fingerprint density at radius 1 is 1.35 bits per heavy atom. The van der Waals surface area contributed by atoms with Gasteiger partial charge in [0, 0.05) is 38.1 Å². The predicted molar refractivity (Wildman–Crippen MR) is 78.1 cm³/mol. The van der Waals surface area contributed by atoms with Crippen LogP contribution in [-0.4, -0.2) is 48.1 Å². The lowest BCUT2D eigenvalue weighted by atomic mass is 9.95. The van der Waals surface area contributed by atoms with Crippen LogP contribution in [0.1, 0.15) is 46.5 Å². The molecule has 0 spiro atoms. The van der Waals surface area contributed by atoms with Crippen molar-refractivity contribution < 1.29 is 14.7 Å². The van der Waals surface area contributed by atoms with Crippen LogP contribution in [-0.2, 0) is 9.59 Å². The molecule has 5 heteroatoms. The highest BCUT2D eigenvalue weighted by atomic mass is 16.3. The van der Waals surface area contributed by atoms with Crippen molar-refractivity contribution >= 4 is 11.8 Å². The number of hydrogen-bond acceptors (Lipinski definition) is 3. The van der Waals surface area contributed by atoms with Crippen molar-refractivity contribution in [2.24, 2.45) is 11.3 Å². The predicted octanol–water partition coefficient (Wildman–Crippen LogP) is 1.16. The van der Waals surface area contributed by atoms with E-state index >= 15 is 0 Å². The smallest absolute Gasteiger partial charge is 0.225 e. The highest BCUT2D eigenvalue weighted by Gasteiger charge is 2.24. The molecule has 0 saturated carbocycles. The molecule has 0 aromatic rings. The van der Waals surface area contributed by atoms with Crippen molar-refractivity contribution in [3.8, 4) is 0 Å². The largest absolute Gasteiger partial charge is 0.396 e. The summed E-state index contributed by atoms with van der Waals surface area (Å²) in [5.74, 6) is 0.491. The SMILES string of the molecule is CC(C)(C)C(=O)NCCC(=O)N1CCCC(CCO)C1. The molecule has 2 N–H and O–H groups in total. The molecule has 1 atom stereocenters. The van der Waals surface area contributed by atoms with Gasteiger partial charge in [0.2, 0.25) is 11.8 Å². The lowest BCUT2D eigenvalue weighted by molar-refractivity contribution is -0.133. The van der Waals surface area contributed by atoms with Gasteiger partial charge in [-0.25, -0.2) is 0 Å². The molecule has 1 aliphatic rings. The van der Waals surface area contributed by atoms with E-state index in [-0.39, 0.29) is 18.4 Å². The molecule has 1 heterocycles. The van der Waals surface area contributed by atoms with Crippen LogP contribution in [0.25, 0.3) is 0 Å². The summed E-state index contributed by atoms with van der Waals surface area (Å²) in [6.45, 7) is 7.70. The van der Waals surface area contributed by atoms with E-state index in [4.69, 9.17) is 5.11 Å². The first-order valence-corrected chi connectivity index (χ1v) is 7.51. The van der Waals surface area contributed by atoms with Crippen LogP contribution in [0.15, 0.2) is 0 Å². The van der Waals surface area contributed by atoms with Gasteiger partial charge in [0.1, 0.15) is 0 Å². The second-order valence-electron chi connectivity index (χ2n) is 6.62. The zero-order valence-electron chi connectivity index (χ0n) is 12.9. The third-order valence-corrected chi connectivity index (χ3v) is 3.71. The number of amides is 2. The number of carbonyl (C=O) groups excluding carboxylic acids is 2. The minimum atomic E-state index is -0.416. The Bertz CT molecular complexity index is 335. The van der Waals surface area contributed by atoms with Gasteiger partial charge in [-0.1, -0.05) is 20.8 Å². The number of nitrogens with zero attached hydrogens (tertiary/aromatic N) is 1. The van der Waals surface area contributed by atoms with E-state index in [1.165, 1.54) is 0 Å². The van der Waals surface area contributed by atoms with Gasteiger partial charge in [0.25, 0.3) is 0 Å². The van der Waals surface area contributed by atoms with Gasteiger partial charge in [-0.2, -0.15) is 0 Å². The molecule has 0 bridgehead atoms. The first kappa shape index (κ1) is 17.0. The third kappa shape index (κ3) is 5.49. The van der Waals surface area contributed by atoms with Crippen LogP contribution in [0.5, 0.6) is 0 Å². The summed E-state index contributed by atoms with van der Waals surface area (Å²) in [6, 6.07) is 0. The van der Waals surface area contributed by atoms with E-state index in [0.717, 1.165) is 32.4 Å². The number of nitrogens with one attached hydrogen (secondary N) is 1. The average Bonchev–Trinajstić information content (AvgIpc) is 2.38. The number of carbonyl (C=O) groups is 2. The van der Waals surface area contributed by atoms with Gasteiger partial charge < -0.3 is 15.3 Å². The zero-order valence-corrected chi connectivity index (χ0v) is 12.9. The molecule has 5 nitrogen and oxygen atoms in total. The lowest BCUT2D eigenvalue weighted by Crippen LogP contribution is -2.42. The number of aliphatic hydroxyl groups is 1. The quantitative estimate of drug-likeness (QED) is 0.796. The Morgan fingerprint density at radius 2 is 2.05 bits per heavy atom. The van der Waals surface area contributed by atoms with E-state index in [2.05, 4.69) is 5.32 Å². The molecule has 1 saturated heterocycles. The van der Waals surface area contributed by atoms with Gasteiger partial charge >= 0.3 is 0 Å². The van der Waals surface area contributed by atoms with Crippen molar-refractivity contribution in [2.75, 3.05) is 26.2 Å². The molecule has 116 valence electrons. The maximum absolute atomic E-state index is 12.1. The molecule has 1 fully saturated rings. The minimum Gasteiger partial charge on any atom is -0.396 e. The summed E-state index contributed by atoms with van der Waals surface area (Å²) >= 11 is 0. The molecular formula is C15H28N2O3. The van der Waals surface area contributed by atoms with E-state index in [1.54, 1.807) is 0 Å². The molecule has 0 radical (unpaired) electrons. The van der Waals surface area contributed by atoms with Gasteiger partial charge in [0.15, 0.2) is 0 Å². The fourth-order valence-corrected chi connectivity index (χ4v) is 2.42. The molecule has 1 aliphatic heterocycles. The fraction of sp³-hybridized carbons (Fsp3) is 0.867. The molecule has 2 amide bonds. The second-order valence-corrected chi connectivity index (χ2v) is 6.62. The monoisotopic (exact) mass is 284 g/mol. The summed E-state index contributed by atoms with van der Waals surface area (Å²) < 4.78 is 0. The van der Waals surface area contributed by atoms with Crippen molar-refractivity contribution in [3.63, 3.8) is 0 Å². The van der Waals surface area contributed by atoms with E-state index in [1.807, 2.05) is 25.7 Å². The lowest BCUT2D eigenvalue weighted by Gasteiger charge is -2.32. The number of hydrogen-bond donors (Lipinski definition) is 2. The van der Waals surface area contributed by atoms with Crippen LogP contribution in [0.4, 0.5) is 0 Å². The number of piperidine rings is 1. The highest BCUT2D eigenvalue weighted by molar-refractivity contribution is 5.82. The Kier molecular flexibility index (Phi) is 6.46. The Hall–Kier alpha value is -1.10. The topological polar surface area (TPSA) is 69.6 Å². The molecular weight excluding hydrogens is 256 g/mol. The van der Waals surface area contributed by atoms with Crippen LogP contribution < -0.4 is 5.32 Å². The summed E-state index contributed by atoms with van der Waals surface area (Å²) in [6.07, 6.45) is 3.22. The van der Waals surface area contributed by atoms with E-state index in [0.29, 0.717) is 18.9 Å². The number of aliphatic hydroxyl groups excluding tert-OH is 1. The van der Waals surface area contributed by atoms with Crippen LogP contribution >= 0.6 is 0 Å². The van der Waals surface area contributed by atoms with E-state index in [9.17, 15) is 9.59 Å². The third-order valence-electron chi connectivity index (χ3n) is 3.71. The molecule has 20 heavy (non-hydrogen) atoms. The van der Waals surface area contributed by atoms with Crippen molar-refractivity contribution in [2.45, 2.75) is 46.5 Å². The maximum Gasteiger partial charge on any atom is 0.225 e. The number of likely N-dealkylation sites (tertiary alicyclic amines) is 1. The maximum atomic E-state index is 12.1. The van der Waals surface area contributed by atoms with Crippen molar-refractivity contribution in [1.29, 1.82) is 0 Å². The zero-order chi connectivity index (χ0) is 15.2. The van der Waals surface area contributed by atoms with Gasteiger partial charge in [-0.15, -0.1) is 0 Å². The van der Waals surface area contributed by atoms with Crippen LogP contribution in [0.2, 0.25) is 0 Å². The van der Waals surface area contributed by atoms with Gasteiger partial charge in [-0.05, 0) is 25.2 Å². The standard InChI is InChI=1S/C15H28N2O3/c1-15(2,3)14(20)16-8-6-13(19)17-9-4-5-12(11-17)7-10-18/h12,18H,4-11H2,1-3H3,(H,16,20). The highest BCUT2D eigenvalue weighted by Crippen LogP contribution is 2.19. The summed E-state index contributed by atoms with van der Waals surface area (Å²) in [7, 11) is 0. The Morgan fingerprint density at radius 3 is 2.65 bits per heavy atom. The summed E-state index contributed by atoms with van der Waals surface area (Å²) in [5, 5.41) is 11.8. The molecule has 1 rings (SSSR count). The Balaban J connectivity index is 2.30. The van der Waals surface area contributed by atoms with E-state index < -0.39 is 5.41 Å². The first-order valence-electron chi connectivity index (χ1n) is 7.51. The molecule has 0 aliphatic carbocycles. The van der Waals surface area contributed by atoms with Crippen LogP contribution in [0.3, 0.4) is 0 Å². The minimum absolute atomic E-state index is 0.0258. The van der Waals surface area contributed by atoms with Gasteiger partial charge in [-0.3, -0.25) is 9.59 Å².